The highest BCUT2D eigenvalue weighted by Crippen LogP contribution is 2.32. The number of nitrogens with zero attached hydrogens (tertiary/aromatic N) is 2. The molecule has 2 unspecified atom stereocenters. The van der Waals surface area contributed by atoms with Crippen molar-refractivity contribution >= 4 is 35.8 Å². The van der Waals surface area contributed by atoms with Crippen molar-refractivity contribution in [3.8, 4) is 11.5 Å². The first-order chi connectivity index (χ1) is 15.5. The van der Waals surface area contributed by atoms with Crippen LogP contribution in [0.5, 0.6) is 11.5 Å². The van der Waals surface area contributed by atoms with Crippen molar-refractivity contribution in [3.05, 3.63) is 59.2 Å². The highest BCUT2D eigenvalue weighted by atomic mass is 127. The van der Waals surface area contributed by atoms with Crippen LogP contribution in [0.1, 0.15) is 35.3 Å². The van der Waals surface area contributed by atoms with Crippen molar-refractivity contribution in [2.45, 2.75) is 39.1 Å². The number of carbonyl (C=O) groups excluding carboxylic acids is 1. The summed E-state index contributed by atoms with van der Waals surface area (Å²) in [5.74, 6) is 2.28. The first-order valence-electron chi connectivity index (χ1n) is 10.9. The van der Waals surface area contributed by atoms with Gasteiger partial charge in [-0.1, -0.05) is 18.2 Å². The number of amides is 1. The maximum atomic E-state index is 12.8. The molecule has 0 radical (unpaired) electrons. The van der Waals surface area contributed by atoms with E-state index in [2.05, 4.69) is 15.6 Å². The molecule has 2 atom stereocenters. The first-order valence-corrected chi connectivity index (χ1v) is 10.9. The number of guanidine groups is 1. The van der Waals surface area contributed by atoms with Crippen LogP contribution in [0.15, 0.2) is 47.5 Å². The van der Waals surface area contributed by atoms with Crippen LogP contribution in [-0.2, 0) is 17.8 Å². The van der Waals surface area contributed by atoms with Gasteiger partial charge in [0, 0.05) is 38.8 Å². The lowest BCUT2D eigenvalue weighted by molar-refractivity contribution is -0.0586. The summed E-state index contributed by atoms with van der Waals surface area (Å²) >= 11 is 0. The van der Waals surface area contributed by atoms with Gasteiger partial charge in [-0.05, 0) is 49.2 Å². The summed E-state index contributed by atoms with van der Waals surface area (Å²) in [7, 11) is 1.74. The van der Waals surface area contributed by atoms with Crippen molar-refractivity contribution in [3.63, 3.8) is 0 Å². The number of hydrogen-bond acceptors (Lipinski definition) is 5. The predicted octanol–water partition coefficient (Wildman–Crippen LogP) is 3.15. The number of hydrogen-bond donors (Lipinski definition) is 2. The van der Waals surface area contributed by atoms with E-state index in [9.17, 15) is 4.79 Å². The number of ether oxygens (including phenoxy) is 3. The van der Waals surface area contributed by atoms with Gasteiger partial charge in [-0.3, -0.25) is 9.79 Å². The van der Waals surface area contributed by atoms with E-state index >= 15 is 0 Å². The summed E-state index contributed by atoms with van der Waals surface area (Å²) in [6.45, 7) is 6.72. The minimum absolute atomic E-state index is 0. The van der Waals surface area contributed by atoms with Crippen LogP contribution in [0.2, 0.25) is 0 Å². The molecule has 0 saturated carbocycles. The molecule has 2 aromatic carbocycles. The molecule has 178 valence electrons. The second-order valence-corrected chi connectivity index (χ2v) is 8.13. The highest BCUT2D eigenvalue weighted by molar-refractivity contribution is 14.0. The van der Waals surface area contributed by atoms with Gasteiger partial charge in [-0.15, -0.1) is 24.0 Å². The minimum atomic E-state index is 0. The lowest BCUT2D eigenvalue weighted by Gasteiger charge is -2.35. The second kappa shape index (κ2) is 11.6. The van der Waals surface area contributed by atoms with Crippen LogP contribution < -0.4 is 20.1 Å². The van der Waals surface area contributed by atoms with Gasteiger partial charge in [0.15, 0.2) is 17.5 Å². The van der Waals surface area contributed by atoms with Crippen LogP contribution >= 0.6 is 24.0 Å². The Bertz CT molecular complexity index is 973. The zero-order valence-corrected chi connectivity index (χ0v) is 21.5. The van der Waals surface area contributed by atoms with Gasteiger partial charge in [0.2, 0.25) is 6.79 Å². The number of rotatable bonds is 5. The Morgan fingerprint density at radius 2 is 1.58 bits per heavy atom. The summed E-state index contributed by atoms with van der Waals surface area (Å²) in [5.41, 5.74) is 2.84. The largest absolute Gasteiger partial charge is 0.454 e. The van der Waals surface area contributed by atoms with Gasteiger partial charge in [-0.2, -0.15) is 0 Å². The quantitative estimate of drug-likeness (QED) is 0.329. The molecule has 1 saturated heterocycles. The Labute approximate surface area is 211 Å². The van der Waals surface area contributed by atoms with E-state index in [0.29, 0.717) is 37.7 Å². The Morgan fingerprint density at radius 3 is 2.24 bits per heavy atom. The molecule has 8 nitrogen and oxygen atoms in total. The normalized spacial score (nSPS) is 19.6. The molecule has 0 aromatic heterocycles. The number of halogens is 1. The Hall–Kier alpha value is -2.53. The molecule has 2 aliphatic rings. The number of aliphatic imine (C=N–C) groups is 1. The maximum absolute atomic E-state index is 12.8. The topological polar surface area (TPSA) is 84.4 Å². The summed E-state index contributed by atoms with van der Waals surface area (Å²) in [6.07, 6.45) is 0.117. The fourth-order valence-corrected chi connectivity index (χ4v) is 3.93. The molecule has 2 aliphatic heterocycles. The van der Waals surface area contributed by atoms with Gasteiger partial charge >= 0.3 is 0 Å². The van der Waals surface area contributed by atoms with Gasteiger partial charge in [0.1, 0.15) is 0 Å². The number of nitrogens with one attached hydrogen (secondary N) is 2. The number of carbonyl (C=O) groups is 1. The van der Waals surface area contributed by atoms with Crippen LogP contribution in [0.4, 0.5) is 0 Å². The Morgan fingerprint density at radius 1 is 0.970 bits per heavy atom. The van der Waals surface area contributed by atoms with E-state index in [-0.39, 0.29) is 48.9 Å². The summed E-state index contributed by atoms with van der Waals surface area (Å²) in [5, 5.41) is 6.60. The molecular formula is C24H31IN4O4. The molecule has 2 aromatic rings. The zero-order chi connectivity index (χ0) is 22.5. The molecule has 2 N–H and O–H groups in total. The van der Waals surface area contributed by atoms with Gasteiger partial charge in [0.05, 0.1) is 12.2 Å². The van der Waals surface area contributed by atoms with E-state index in [4.69, 9.17) is 14.2 Å². The van der Waals surface area contributed by atoms with Crippen molar-refractivity contribution in [2.75, 3.05) is 26.9 Å². The molecule has 9 heteroatoms. The third kappa shape index (κ3) is 6.50. The highest BCUT2D eigenvalue weighted by Gasteiger charge is 2.26. The zero-order valence-electron chi connectivity index (χ0n) is 19.2. The van der Waals surface area contributed by atoms with Crippen molar-refractivity contribution in [1.29, 1.82) is 0 Å². The maximum Gasteiger partial charge on any atom is 0.254 e. The molecule has 2 heterocycles. The first kappa shape index (κ1) is 25.1. The van der Waals surface area contributed by atoms with Crippen molar-refractivity contribution in [1.82, 2.24) is 15.5 Å². The van der Waals surface area contributed by atoms with Crippen molar-refractivity contribution in [2.24, 2.45) is 4.99 Å². The third-order valence-corrected chi connectivity index (χ3v) is 5.49. The molecule has 0 aliphatic carbocycles. The third-order valence-electron chi connectivity index (χ3n) is 5.49. The average molecular weight is 566 g/mol. The summed E-state index contributed by atoms with van der Waals surface area (Å²) < 4.78 is 16.5. The van der Waals surface area contributed by atoms with Gasteiger partial charge in [0.25, 0.3) is 5.91 Å². The Kier molecular flexibility index (Phi) is 8.79. The smallest absolute Gasteiger partial charge is 0.254 e. The van der Waals surface area contributed by atoms with Crippen LogP contribution in [-0.4, -0.2) is 55.9 Å². The molecule has 0 bridgehead atoms. The van der Waals surface area contributed by atoms with E-state index < -0.39 is 0 Å². The number of morpholine rings is 1. The molecule has 0 spiro atoms. The standard InChI is InChI=1S/C24H30N4O4.HI/c1-16-13-28(14-17(2)32-16)23(29)20-7-4-18(5-8-20)11-26-24(25-3)27-12-19-6-9-21-22(10-19)31-15-30-21;/h4-10,16-17H,11-15H2,1-3H3,(H2,25,26,27);1H. The fraction of sp³-hybridized carbons (Fsp3) is 0.417. The van der Waals surface area contributed by atoms with E-state index in [1.54, 1.807) is 7.05 Å². The van der Waals surface area contributed by atoms with Crippen LogP contribution in [0, 0.1) is 0 Å². The van der Waals surface area contributed by atoms with Crippen LogP contribution in [0.25, 0.3) is 0 Å². The summed E-state index contributed by atoms with van der Waals surface area (Å²) in [4.78, 5) is 19.0. The predicted molar refractivity (Wildman–Crippen MR) is 137 cm³/mol. The molecule has 1 amide bonds. The fourth-order valence-electron chi connectivity index (χ4n) is 3.93. The van der Waals surface area contributed by atoms with E-state index in [0.717, 1.165) is 22.6 Å². The Balaban J connectivity index is 0.00000306. The average Bonchev–Trinajstić information content (AvgIpc) is 3.26. The monoisotopic (exact) mass is 566 g/mol. The number of benzene rings is 2. The second-order valence-electron chi connectivity index (χ2n) is 8.13. The molecule has 1 fully saturated rings. The molecular weight excluding hydrogens is 535 g/mol. The van der Waals surface area contributed by atoms with Gasteiger partial charge < -0.3 is 29.7 Å². The van der Waals surface area contributed by atoms with E-state index in [1.165, 1.54) is 0 Å². The van der Waals surface area contributed by atoms with E-state index in [1.807, 2.05) is 61.2 Å². The lowest BCUT2D eigenvalue weighted by Crippen LogP contribution is -2.48. The SMILES string of the molecule is CN=C(NCc1ccc(C(=O)N2CC(C)OC(C)C2)cc1)NCc1ccc2c(c1)OCO2.I. The number of fused-ring (bicyclic) bond motifs is 1. The van der Waals surface area contributed by atoms with Gasteiger partial charge in [-0.25, -0.2) is 0 Å². The molecule has 4 rings (SSSR count). The molecule has 33 heavy (non-hydrogen) atoms. The van der Waals surface area contributed by atoms with Crippen molar-refractivity contribution < 1.29 is 19.0 Å². The lowest BCUT2D eigenvalue weighted by atomic mass is 10.1. The van der Waals surface area contributed by atoms with Crippen LogP contribution in [0.3, 0.4) is 0 Å². The minimum Gasteiger partial charge on any atom is -0.454 e. The summed E-state index contributed by atoms with van der Waals surface area (Å²) in [6, 6.07) is 13.6.